The lowest BCUT2D eigenvalue weighted by molar-refractivity contribution is -0.198. The topological polar surface area (TPSA) is 163 Å². The van der Waals surface area contributed by atoms with Crippen LogP contribution in [0.4, 0.5) is 0 Å². The van der Waals surface area contributed by atoms with Gasteiger partial charge in [-0.25, -0.2) is 14.4 Å². The number of pyridine rings is 1. The number of carbonyl (C=O) groups is 4. The van der Waals surface area contributed by atoms with E-state index in [1.165, 1.54) is 14.2 Å². The number of methoxy groups -OCH3 is 2. The molecule has 5 rings (SSSR count). The van der Waals surface area contributed by atoms with Crippen molar-refractivity contribution in [3.05, 3.63) is 54.2 Å². The van der Waals surface area contributed by atoms with Crippen molar-refractivity contribution in [2.45, 2.75) is 18.9 Å². The molecule has 13 nitrogen and oxygen atoms in total. The number of hydroxylamine groups is 2. The van der Waals surface area contributed by atoms with Crippen molar-refractivity contribution in [2.24, 2.45) is 0 Å². The Morgan fingerprint density at radius 1 is 0.927 bits per heavy atom. The predicted octanol–water partition coefficient (Wildman–Crippen LogP) is 2.60. The number of imide groups is 1. The van der Waals surface area contributed by atoms with E-state index in [0.717, 1.165) is 0 Å². The minimum absolute atomic E-state index is 0.0704. The van der Waals surface area contributed by atoms with Gasteiger partial charge in [0.15, 0.2) is 5.52 Å². The maximum Gasteiger partial charge on any atom is 0.356 e. The number of ether oxygens (including phenoxy) is 2. The molecule has 1 unspecified atom stereocenters. The summed E-state index contributed by atoms with van der Waals surface area (Å²) in [6.45, 7) is 0. The van der Waals surface area contributed by atoms with Crippen molar-refractivity contribution < 1.29 is 38.1 Å². The zero-order chi connectivity index (χ0) is 29.1. The van der Waals surface area contributed by atoms with Crippen molar-refractivity contribution in [2.75, 3.05) is 20.0 Å². The molecule has 0 saturated carbocycles. The second-order valence-electron chi connectivity index (χ2n) is 8.80. The maximum atomic E-state index is 13.8. The fraction of sp³-hybridized carbons (Fsp3) is 0.222. The van der Waals surface area contributed by atoms with Gasteiger partial charge in [-0.15, -0.1) is 5.06 Å². The van der Waals surface area contributed by atoms with Gasteiger partial charge in [0, 0.05) is 29.7 Å². The minimum atomic E-state index is -1.33. The third kappa shape index (κ3) is 5.41. The molecule has 41 heavy (non-hydrogen) atoms. The van der Waals surface area contributed by atoms with E-state index in [1.807, 2.05) is 0 Å². The normalized spacial score (nSPS) is 13.8. The molecule has 0 bridgehead atoms. The zero-order valence-corrected chi connectivity index (χ0v) is 22.7. The van der Waals surface area contributed by atoms with Gasteiger partial charge in [-0.1, -0.05) is 12.1 Å². The summed E-state index contributed by atoms with van der Waals surface area (Å²) in [4.78, 5) is 60.0. The Hall–Kier alpha value is -4.98. The highest BCUT2D eigenvalue weighted by Crippen LogP contribution is 2.36. The lowest BCUT2D eigenvalue weighted by Gasteiger charge is -2.19. The summed E-state index contributed by atoms with van der Waals surface area (Å²) in [7, 11) is 3.07. The van der Waals surface area contributed by atoms with E-state index in [-0.39, 0.29) is 35.4 Å². The molecule has 2 aromatic heterocycles. The SMILES string of the molecule is COc1ccc(-c2nc(C(=O)NC(CS)C(=O)ON3C(=O)CCC3=O)c(-c3ccc(OC)cc3)c3nonc23)cc1. The summed E-state index contributed by atoms with van der Waals surface area (Å²) in [5.41, 5.74) is 2.17. The van der Waals surface area contributed by atoms with Crippen LogP contribution in [0.2, 0.25) is 0 Å². The minimum Gasteiger partial charge on any atom is -0.497 e. The van der Waals surface area contributed by atoms with Crippen LogP contribution in [-0.4, -0.2) is 70.1 Å². The number of fused-ring (bicyclic) bond motifs is 1. The average molecular weight is 578 g/mol. The van der Waals surface area contributed by atoms with Crippen molar-refractivity contribution in [3.8, 4) is 33.9 Å². The van der Waals surface area contributed by atoms with Gasteiger partial charge in [0.05, 0.1) is 14.2 Å². The van der Waals surface area contributed by atoms with Crippen molar-refractivity contribution in [1.29, 1.82) is 0 Å². The first-order valence-electron chi connectivity index (χ1n) is 12.3. The van der Waals surface area contributed by atoms with Crippen LogP contribution in [-0.2, 0) is 19.2 Å². The van der Waals surface area contributed by atoms with Gasteiger partial charge in [-0.05, 0) is 52.3 Å². The molecule has 14 heteroatoms. The molecule has 1 saturated heterocycles. The molecular formula is C27H23N5O8S. The Morgan fingerprint density at radius 2 is 1.49 bits per heavy atom. The van der Waals surface area contributed by atoms with Gasteiger partial charge < -0.3 is 19.6 Å². The second kappa shape index (κ2) is 11.6. The Labute approximate surface area is 238 Å². The molecule has 210 valence electrons. The highest BCUT2D eigenvalue weighted by Gasteiger charge is 2.36. The Morgan fingerprint density at radius 3 is 2.05 bits per heavy atom. The number of nitrogens with zero attached hydrogens (tertiary/aromatic N) is 4. The summed E-state index contributed by atoms with van der Waals surface area (Å²) in [5.74, 6) is -2.11. The van der Waals surface area contributed by atoms with E-state index in [2.05, 4.69) is 33.2 Å². The van der Waals surface area contributed by atoms with Crippen LogP contribution in [0.25, 0.3) is 33.4 Å². The van der Waals surface area contributed by atoms with Crippen molar-refractivity contribution >= 4 is 47.4 Å². The fourth-order valence-electron chi connectivity index (χ4n) is 4.20. The lowest BCUT2D eigenvalue weighted by atomic mass is 9.99. The van der Waals surface area contributed by atoms with E-state index in [4.69, 9.17) is 18.9 Å². The summed E-state index contributed by atoms with van der Waals surface area (Å²) in [6, 6.07) is 12.4. The van der Waals surface area contributed by atoms with Gasteiger partial charge in [0.1, 0.15) is 34.4 Å². The summed E-state index contributed by atoms with van der Waals surface area (Å²) in [6.07, 6.45) is -0.141. The number of hydrogen-bond donors (Lipinski definition) is 2. The molecule has 4 aromatic rings. The van der Waals surface area contributed by atoms with Crippen LogP contribution in [0.5, 0.6) is 11.5 Å². The van der Waals surface area contributed by atoms with Crippen LogP contribution in [0.15, 0.2) is 53.2 Å². The number of hydrogen-bond acceptors (Lipinski definition) is 12. The first-order chi connectivity index (χ1) is 19.8. The zero-order valence-electron chi connectivity index (χ0n) is 21.8. The molecule has 1 atom stereocenters. The fourth-order valence-corrected chi connectivity index (χ4v) is 4.44. The lowest BCUT2D eigenvalue weighted by Crippen LogP contribution is -2.46. The van der Waals surface area contributed by atoms with Gasteiger partial charge in [-0.2, -0.15) is 12.6 Å². The third-order valence-electron chi connectivity index (χ3n) is 6.33. The Balaban J connectivity index is 1.57. The van der Waals surface area contributed by atoms with Crippen LogP contribution in [0, 0.1) is 0 Å². The van der Waals surface area contributed by atoms with Crippen LogP contribution >= 0.6 is 12.6 Å². The number of carbonyl (C=O) groups excluding carboxylic acids is 4. The van der Waals surface area contributed by atoms with Crippen LogP contribution < -0.4 is 14.8 Å². The number of amides is 3. The number of nitrogens with one attached hydrogen (secondary N) is 1. The number of aromatic nitrogens is 3. The molecule has 0 spiro atoms. The molecule has 2 aromatic carbocycles. The highest BCUT2D eigenvalue weighted by atomic mass is 32.1. The van der Waals surface area contributed by atoms with Gasteiger partial charge in [0.2, 0.25) is 0 Å². The third-order valence-corrected chi connectivity index (χ3v) is 6.69. The van der Waals surface area contributed by atoms with Gasteiger partial charge >= 0.3 is 5.97 Å². The van der Waals surface area contributed by atoms with Crippen molar-refractivity contribution in [1.82, 2.24) is 25.7 Å². The van der Waals surface area contributed by atoms with Gasteiger partial charge in [0.25, 0.3) is 17.7 Å². The highest BCUT2D eigenvalue weighted by molar-refractivity contribution is 7.80. The number of thiol groups is 1. The molecule has 0 aliphatic carbocycles. The standard InChI is InChI=1S/C27H23N5O8S/c1-37-16-7-3-14(4-8-16)21-23-25(31-40-30-23)22(15-5-9-17(38-2)10-6-15)29-24(21)26(35)28-18(13-41)27(36)39-32-19(33)11-12-20(32)34/h3-10,18,41H,11-13H2,1-2H3,(H,28,35). The largest absolute Gasteiger partial charge is 0.497 e. The van der Waals surface area contributed by atoms with Crippen LogP contribution in [0.3, 0.4) is 0 Å². The smallest absolute Gasteiger partial charge is 0.356 e. The Kier molecular flexibility index (Phi) is 7.83. The molecular weight excluding hydrogens is 554 g/mol. The maximum absolute atomic E-state index is 13.8. The molecule has 0 radical (unpaired) electrons. The second-order valence-corrected chi connectivity index (χ2v) is 9.17. The monoisotopic (exact) mass is 577 g/mol. The summed E-state index contributed by atoms with van der Waals surface area (Å²) < 4.78 is 15.6. The van der Waals surface area contributed by atoms with Crippen LogP contribution in [0.1, 0.15) is 23.3 Å². The summed E-state index contributed by atoms with van der Waals surface area (Å²) >= 11 is 4.16. The molecule has 1 aliphatic heterocycles. The molecule has 3 heterocycles. The number of rotatable bonds is 9. The number of benzene rings is 2. The van der Waals surface area contributed by atoms with E-state index in [0.29, 0.717) is 38.9 Å². The molecule has 1 aliphatic rings. The molecule has 3 amide bonds. The van der Waals surface area contributed by atoms with Gasteiger partial charge in [-0.3, -0.25) is 14.4 Å². The van der Waals surface area contributed by atoms with E-state index in [9.17, 15) is 19.2 Å². The first kappa shape index (κ1) is 27.6. The molecule has 1 N–H and O–H groups in total. The molecule has 1 fully saturated rings. The Bertz CT molecular complexity index is 1620. The van der Waals surface area contributed by atoms with E-state index >= 15 is 0 Å². The van der Waals surface area contributed by atoms with Crippen molar-refractivity contribution in [3.63, 3.8) is 0 Å². The average Bonchev–Trinajstić information content (AvgIpc) is 3.61. The quantitative estimate of drug-likeness (QED) is 0.222. The van der Waals surface area contributed by atoms with E-state index in [1.54, 1.807) is 48.5 Å². The van der Waals surface area contributed by atoms with E-state index < -0.39 is 29.7 Å². The summed E-state index contributed by atoms with van der Waals surface area (Å²) in [5, 5.41) is 11.1. The predicted molar refractivity (Wildman–Crippen MR) is 146 cm³/mol. The first-order valence-corrected chi connectivity index (χ1v) is 12.9.